The van der Waals surface area contributed by atoms with Gasteiger partial charge < -0.3 is 4.74 Å². The number of benzene rings is 2. The molecule has 0 fully saturated rings. The van der Waals surface area contributed by atoms with Gasteiger partial charge in [-0.1, -0.05) is 17.7 Å². The van der Waals surface area contributed by atoms with E-state index in [9.17, 15) is 9.59 Å². The maximum Gasteiger partial charge on any atom is 0.269 e. The van der Waals surface area contributed by atoms with Crippen LogP contribution in [-0.2, 0) is 0 Å². The van der Waals surface area contributed by atoms with Gasteiger partial charge in [-0.3, -0.25) is 20.4 Å². The zero-order chi connectivity index (χ0) is 16.1. The smallest absolute Gasteiger partial charge is 0.269 e. The van der Waals surface area contributed by atoms with Crippen molar-refractivity contribution >= 4 is 46.0 Å². The van der Waals surface area contributed by atoms with Crippen molar-refractivity contribution in [2.45, 2.75) is 0 Å². The van der Waals surface area contributed by atoms with Crippen molar-refractivity contribution in [3.8, 4) is 5.75 Å². The van der Waals surface area contributed by atoms with E-state index < -0.39 is 11.8 Å². The number of methoxy groups -OCH3 is 1. The Morgan fingerprint density at radius 3 is 2.23 bits per heavy atom. The number of hydrogen-bond donors (Lipinski definition) is 2. The molecule has 0 aliphatic rings. The van der Waals surface area contributed by atoms with E-state index in [1.807, 2.05) is 0 Å². The molecule has 0 saturated heterocycles. The van der Waals surface area contributed by atoms with Gasteiger partial charge in [0, 0.05) is 16.1 Å². The van der Waals surface area contributed by atoms with Crippen molar-refractivity contribution in [2.24, 2.45) is 0 Å². The second kappa shape index (κ2) is 7.46. The van der Waals surface area contributed by atoms with Crippen LogP contribution in [0.5, 0.6) is 5.75 Å². The van der Waals surface area contributed by atoms with Gasteiger partial charge in [0.15, 0.2) is 0 Å². The summed E-state index contributed by atoms with van der Waals surface area (Å²) >= 11 is 7.88. The van der Waals surface area contributed by atoms with Crippen LogP contribution in [0.2, 0.25) is 5.02 Å². The quantitative estimate of drug-likeness (QED) is 0.581. The highest BCUT2D eigenvalue weighted by molar-refractivity contribution is 14.1. The summed E-state index contributed by atoms with van der Waals surface area (Å²) in [7, 11) is 1.56. The molecule has 0 aliphatic heterocycles. The zero-order valence-corrected chi connectivity index (χ0v) is 14.4. The molecule has 0 atom stereocenters. The van der Waals surface area contributed by atoms with Crippen LogP contribution in [0.15, 0.2) is 42.5 Å². The lowest BCUT2D eigenvalue weighted by molar-refractivity contribution is 0.0846. The number of hydrogen-bond acceptors (Lipinski definition) is 3. The standard InChI is InChI=1S/C15H12ClIN2O3/c1-22-13-6-5-10(8-12(13)17)15(21)19-18-14(20)9-3-2-4-11(16)7-9/h2-8H,1H3,(H,18,20)(H,19,21). The molecular weight excluding hydrogens is 419 g/mol. The lowest BCUT2D eigenvalue weighted by Crippen LogP contribution is -2.41. The fourth-order valence-corrected chi connectivity index (χ4v) is 2.62. The van der Waals surface area contributed by atoms with Gasteiger partial charge in [0.05, 0.1) is 10.7 Å². The first-order valence-electron chi connectivity index (χ1n) is 6.21. The minimum absolute atomic E-state index is 0.358. The van der Waals surface area contributed by atoms with E-state index in [2.05, 4.69) is 33.4 Å². The van der Waals surface area contributed by atoms with Gasteiger partial charge in [-0.15, -0.1) is 0 Å². The second-order valence-corrected chi connectivity index (χ2v) is 5.87. The fourth-order valence-electron chi connectivity index (χ4n) is 1.70. The molecule has 7 heteroatoms. The van der Waals surface area contributed by atoms with Crippen molar-refractivity contribution < 1.29 is 14.3 Å². The summed E-state index contributed by atoms with van der Waals surface area (Å²) < 4.78 is 5.93. The van der Waals surface area contributed by atoms with Crippen LogP contribution >= 0.6 is 34.2 Å². The van der Waals surface area contributed by atoms with Crippen molar-refractivity contribution in [3.05, 3.63) is 62.2 Å². The van der Waals surface area contributed by atoms with E-state index in [0.717, 1.165) is 3.57 Å². The minimum atomic E-state index is -0.445. The second-order valence-electron chi connectivity index (χ2n) is 4.27. The molecule has 114 valence electrons. The third-order valence-electron chi connectivity index (χ3n) is 2.79. The monoisotopic (exact) mass is 430 g/mol. The Bertz CT molecular complexity index is 722. The SMILES string of the molecule is COc1ccc(C(=O)NNC(=O)c2cccc(Cl)c2)cc1I. The third-order valence-corrected chi connectivity index (χ3v) is 3.87. The molecule has 5 nitrogen and oxygen atoms in total. The number of carbonyl (C=O) groups is 2. The number of carbonyl (C=O) groups excluding carboxylic acids is 2. The number of rotatable bonds is 3. The van der Waals surface area contributed by atoms with E-state index in [1.165, 1.54) is 6.07 Å². The van der Waals surface area contributed by atoms with Gasteiger partial charge in [0.1, 0.15) is 5.75 Å². The summed E-state index contributed by atoms with van der Waals surface area (Å²) in [4.78, 5) is 23.9. The normalized spacial score (nSPS) is 9.95. The molecule has 2 rings (SSSR count). The maximum atomic E-state index is 12.0. The number of hydrazine groups is 1. The molecule has 0 bridgehead atoms. The predicted octanol–water partition coefficient (Wildman–Crippen LogP) is 3.03. The van der Waals surface area contributed by atoms with Crippen LogP contribution in [0, 0.1) is 3.57 Å². The van der Waals surface area contributed by atoms with E-state index in [4.69, 9.17) is 16.3 Å². The molecule has 2 aromatic rings. The van der Waals surface area contributed by atoms with Crippen molar-refractivity contribution in [2.75, 3.05) is 7.11 Å². The molecule has 0 unspecified atom stereocenters. The Morgan fingerprint density at radius 1 is 1.05 bits per heavy atom. The first-order valence-corrected chi connectivity index (χ1v) is 7.66. The highest BCUT2D eigenvalue weighted by Gasteiger charge is 2.11. The highest BCUT2D eigenvalue weighted by Crippen LogP contribution is 2.21. The Balaban J connectivity index is 2.00. The number of ether oxygens (including phenoxy) is 1. The van der Waals surface area contributed by atoms with Gasteiger partial charge in [0.25, 0.3) is 11.8 Å². The van der Waals surface area contributed by atoms with Gasteiger partial charge in [-0.25, -0.2) is 0 Å². The average Bonchev–Trinajstić information content (AvgIpc) is 2.52. The summed E-state index contributed by atoms with van der Waals surface area (Å²) in [6, 6.07) is 11.4. The summed E-state index contributed by atoms with van der Waals surface area (Å²) in [5, 5.41) is 0.448. The summed E-state index contributed by atoms with van der Waals surface area (Å²) in [6.07, 6.45) is 0. The van der Waals surface area contributed by atoms with Crippen molar-refractivity contribution in [3.63, 3.8) is 0 Å². The first-order chi connectivity index (χ1) is 10.5. The van der Waals surface area contributed by atoms with E-state index in [-0.39, 0.29) is 0 Å². The summed E-state index contributed by atoms with van der Waals surface area (Å²) in [5.41, 5.74) is 5.47. The van der Waals surface area contributed by atoms with Crippen LogP contribution in [-0.4, -0.2) is 18.9 Å². The maximum absolute atomic E-state index is 12.0. The molecule has 0 heterocycles. The van der Waals surface area contributed by atoms with Gasteiger partial charge in [-0.2, -0.15) is 0 Å². The van der Waals surface area contributed by atoms with Crippen LogP contribution in [0.3, 0.4) is 0 Å². The zero-order valence-electron chi connectivity index (χ0n) is 11.5. The first kappa shape index (κ1) is 16.6. The van der Waals surface area contributed by atoms with Crippen LogP contribution in [0.1, 0.15) is 20.7 Å². The van der Waals surface area contributed by atoms with Gasteiger partial charge in [-0.05, 0) is 59.0 Å². The lowest BCUT2D eigenvalue weighted by atomic mass is 10.2. The highest BCUT2D eigenvalue weighted by atomic mass is 127. The van der Waals surface area contributed by atoms with Gasteiger partial charge in [0.2, 0.25) is 0 Å². The molecule has 0 radical (unpaired) electrons. The molecule has 0 spiro atoms. The van der Waals surface area contributed by atoms with Crippen LogP contribution < -0.4 is 15.6 Å². The van der Waals surface area contributed by atoms with Crippen LogP contribution in [0.4, 0.5) is 0 Å². The molecular formula is C15H12ClIN2O3. The fraction of sp³-hybridized carbons (Fsp3) is 0.0667. The average molecular weight is 431 g/mol. The third kappa shape index (κ3) is 4.11. The van der Waals surface area contributed by atoms with Crippen molar-refractivity contribution in [1.29, 1.82) is 0 Å². The number of amides is 2. The topological polar surface area (TPSA) is 67.4 Å². The summed E-state index contributed by atoms with van der Waals surface area (Å²) in [5.74, 6) is -0.185. The largest absolute Gasteiger partial charge is 0.496 e. The number of nitrogens with one attached hydrogen (secondary N) is 2. The number of halogens is 2. The molecule has 2 N–H and O–H groups in total. The summed E-state index contributed by atoms with van der Waals surface area (Å²) in [6.45, 7) is 0. The molecule has 22 heavy (non-hydrogen) atoms. The molecule has 0 saturated carbocycles. The van der Waals surface area contributed by atoms with Gasteiger partial charge >= 0.3 is 0 Å². The Kier molecular flexibility index (Phi) is 5.62. The van der Waals surface area contributed by atoms with Crippen molar-refractivity contribution in [1.82, 2.24) is 10.9 Å². The Labute approximate surface area is 146 Å². The molecule has 2 amide bonds. The molecule has 0 aliphatic carbocycles. The minimum Gasteiger partial charge on any atom is -0.496 e. The lowest BCUT2D eigenvalue weighted by Gasteiger charge is -2.09. The predicted molar refractivity (Wildman–Crippen MR) is 92.1 cm³/mol. The van der Waals surface area contributed by atoms with Crippen LogP contribution in [0.25, 0.3) is 0 Å². The Hall–Kier alpha value is -1.80. The van der Waals surface area contributed by atoms with E-state index >= 15 is 0 Å². The van der Waals surface area contributed by atoms with E-state index in [1.54, 1.807) is 43.5 Å². The van der Waals surface area contributed by atoms with E-state index in [0.29, 0.717) is 21.9 Å². The molecule has 2 aromatic carbocycles. The molecule has 0 aromatic heterocycles. The Morgan fingerprint density at radius 2 is 1.68 bits per heavy atom.